The van der Waals surface area contributed by atoms with Crippen molar-refractivity contribution in [2.24, 2.45) is 0 Å². The molecule has 0 amide bonds. The highest BCUT2D eigenvalue weighted by Crippen LogP contribution is 2.25. The van der Waals surface area contributed by atoms with Crippen molar-refractivity contribution in [1.82, 2.24) is 4.98 Å². The summed E-state index contributed by atoms with van der Waals surface area (Å²) in [5.41, 5.74) is 0.160. The van der Waals surface area contributed by atoms with Crippen molar-refractivity contribution >= 4 is 30.8 Å². The number of rotatable bonds is 3. The van der Waals surface area contributed by atoms with E-state index in [-0.39, 0.29) is 16.8 Å². The number of benzene rings is 1. The van der Waals surface area contributed by atoms with Crippen LogP contribution >= 0.6 is 10.7 Å². The summed E-state index contributed by atoms with van der Waals surface area (Å²) in [5, 5.41) is -0.691. The first-order valence-corrected chi connectivity index (χ1v) is 6.47. The molecule has 92 valence electrons. The molecule has 0 atom stereocenters. The summed E-state index contributed by atoms with van der Waals surface area (Å²) in [4.78, 5) is 3.57. The predicted octanol–water partition coefficient (Wildman–Crippen LogP) is 2.36. The van der Waals surface area contributed by atoms with E-state index in [2.05, 4.69) is 9.72 Å². The van der Waals surface area contributed by atoms with Crippen LogP contribution < -0.4 is 4.74 Å². The maximum absolute atomic E-state index is 11.9. The molecule has 0 saturated heterocycles. The third-order valence-corrected chi connectivity index (χ3v) is 2.76. The Labute approximate surface area is 98.4 Å². The molecular weight excluding hydrogens is 280 g/mol. The molecule has 1 heterocycles. The van der Waals surface area contributed by atoms with Crippen molar-refractivity contribution in [2.45, 2.75) is 11.8 Å². The van der Waals surface area contributed by atoms with Crippen molar-refractivity contribution in [1.29, 1.82) is 0 Å². The predicted molar refractivity (Wildman–Crippen MR) is 53.7 cm³/mol. The summed E-state index contributed by atoms with van der Waals surface area (Å²) in [6.45, 7) is -2.98. The molecule has 1 aromatic carbocycles. The fourth-order valence-corrected chi connectivity index (χ4v) is 1.76. The lowest BCUT2D eigenvalue weighted by Gasteiger charge is -2.02. The Morgan fingerprint density at radius 1 is 1.41 bits per heavy atom. The van der Waals surface area contributed by atoms with Gasteiger partial charge in [0.25, 0.3) is 0 Å². The van der Waals surface area contributed by atoms with Gasteiger partial charge in [-0.2, -0.15) is 13.8 Å². The van der Waals surface area contributed by atoms with Crippen LogP contribution in [0.5, 0.6) is 5.75 Å². The van der Waals surface area contributed by atoms with Crippen LogP contribution in [0.1, 0.15) is 0 Å². The molecule has 0 fully saturated rings. The fraction of sp³-hybridized carbons (Fsp3) is 0.125. The second-order valence-corrected chi connectivity index (χ2v) is 5.37. The van der Waals surface area contributed by atoms with Crippen molar-refractivity contribution in [3.05, 3.63) is 18.2 Å². The topological polar surface area (TPSA) is 69.4 Å². The molecule has 2 aromatic rings. The third-order valence-electron chi connectivity index (χ3n) is 1.77. The number of nitrogens with zero attached hydrogens (tertiary/aromatic N) is 1. The molecule has 0 saturated carbocycles. The van der Waals surface area contributed by atoms with Gasteiger partial charge in [-0.3, -0.25) is 0 Å². The first-order valence-electron chi connectivity index (χ1n) is 4.16. The van der Waals surface area contributed by atoms with Gasteiger partial charge in [0.15, 0.2) is 5.58 Å². The number of hydrogen-bond donors (Lipinski definition) is 0. The molecule has 0 bridgehead atoms. The molecule has 2 rings (SSSR count). The smallest absolute Gasteiger partial charge is 0.387 e. The summed E-state index contributed by atoms with van der Waals surface area (Å²) in [6.07, 6.45) is 0. The Bertz CT molecular complexity index is 655. The molecule has 0 N–H and O–H groups in total. The molecule has 17 heavy (non-hydrogen) atoms. The van der Waals surface area contributed by atoms with E-state index in [0.29, 0.717) is 0 Å². The van der Waals surface area contributed by atoms with Gasteiger partial charge in [-0.05, 0) is 12.1 Å². The normalized spacial score (nSPS) is 12.2. The number of oxazole rings is 1. The van der Waals surface area contributed by atoms with Crippen LogP contribution in [0.15, 0.2) is 27.8 Å². The van der Waals surface area contributed by atoms with Gasteiger partial charge in [-0.25, -0.2) is 8.42 Å². The molecule has 9 heteroatoms. The Morgan fingerprint density at radius 3 is 2.71 bits per heavy atom. The highest BCUT2D eigenvalue weighted by molar-refractivity contribution is 8.13. The van der Waals surface area contributed by atoms with Gasteiger partial charge >= 0.3 is 20.9 Å². The monoisotopic (exact) mass is 283 g/mol. The second kappa shape index (κ2) is 4.11. The minimum Gasteiger partial charge on any atom is -0.435 e. The number of aromatic nitrogens is 1. The van der Waals surface area contributed by atoms with Crippen LogP contribution in [0, 0.1) is 0 Å². The minimum absolute atomic E-state index is 0.0117. The van der Waals surface area contributed by atoms with E-state index in [4.69, 9.17) is 15.1 Å². The second-order valence-electron chi connectivity index (χ2n) is 2.93. The molecule has 1 aromatic heterocycles. The summed E-state index contributed by atoms with van der Waals surface area (Å²) in [6, 6.07) is 3.59. The zero-order chi connectivity index (χ0) is 12.6. The average molecular weight is 284 g/mol. The van der Waals surface area contributed by atoms with E-state index in [1.54, 1.807) is 0 Å². The van der Waals surface area contributed by atoms with E-state index in [1.165, 1.54) is 12.1 Å². The van der Waals surface area contributed by atoms with Crippen LogP contribution in [0.25, 0.3) is 11.1 Å². The Morgan fingerprint density at radius 2 is 2.12 bits per heavy atom. The van der Waals surface area contributed by atoms with Gasteiger partial charge in [-0.1, -0.05) is 0 Å². The first-order chi connectivity index (χ1) is 7.86. The van der Waals surface area contributed by atoms with Crippen molar-refractivity contribution in [3.63, 3.8) is 0 Å². The Kier molecular flexibility index (Phi) is 2.92. The van der Waals surface area contributed by atoms with Crippen LogP contribution in [0.4, 0.5) is 8.78 Å². The number of fused-ring (bicyclic) bond motifs is 1. The molecule has 0 aliphatic heterocycles. The van der Waals surface area contributed by atoms with Crippen molar-refractivity contribution in [3.8, 4) is 5.75 Å². The highest BCUT2D eigenvalue weighted by Gasteiger charge is 2.19. The number of alkyl halides is 2. The van der Waals surface area contributed by atoms with Crippen molar-refractivity contribution < 1.29 is 26.4 Å². The summed E-state index contributed by atoms with van der Waals surface area (Å²) < 4.78 is 54.6. The van der Waals surface area contributed by atoms with Gasteiger partial charge in [0, 0.05) is 16.7 Å². The van der Waals surface area contributed by atoms with Gasteiger partial charge in [0.05, 0.1) is 0 Å². The van der Waals surface area contributed by atoms with Crippen LogP contribution in [0.3, 0.4) is 0 Å². The molecule has 0 unspecified atom stereocenters. The van der Waals surface area contributed by atoms with E-state index in [0.717, 1.165) is 6.07 Å². The number of hydrogen-bond acceptors (Lipinski definition) is 5. The van der Waals surface area contributed by atoms with Gasteiger partial charge in [0.2, 0.25) is 0 Å². The van der Waals surface area contributed by atoms with Crippen LogP contribution in [0.2, 0.25) is 0 Å². The van der Waals surface area contributed by atoms with E-state index in [9.17, 15) is 17.2 Å². The molecule has 0 radical (unpaired) electrons. The first kappa shape index (κ1) is 12.1. The minimum atomic E-state index is -4.10. The average Bonchev–Trinajstić information content (AvgIpc) is 2.58. The van der Waals surface area contributed by atoms with Gasteiger partial charge < -0.3 is 9.15 Å². The number of ether oxygens (including phenoxy) is 1. The maximum Gasteiger partial charge on any atom is 0.387 e. The summed E-state index contributed by atoms with van der Waals surface area (Å²) >= 11 is 0. The van der Waals surface area contributed by atoms with Crippen LogP contribution in [-0.4, -0.2) is 20.0 Å². The summed E-state index contributed by atoms with van der Waals surface area (Å²) in [7, 11) is 0.924. The maximum atomic E-state index is 11.9. The lowest BCUT2D eigenvalue weighted by atomic mass is 10.3. The van der Waals surface area contributed by atoms with Gasteiger partial charge in [-0.15, -0.1) is 0 Å². The molecule has 5 nitrogen and oxygen atoms in total. The highest BCUT2D eigenvalue weighted by atomic mass is 35.7. The fourth-order valence-electron chi connectivity index (χ4n) is 1.16. The Balaban J connectivity index is 2.48. The van der Waals surface area contributed by atoms with E-state index >= 15 is 0 Å². The molecule has 0 aliphatic rings. The standard InChI is InChI=1S/C8H4ClF2NO4S/c9-17(13,14)8-12-5-2-1-4(15-7(10)11)3-6(5)16-8/h1-3,7H. The lowest BCUT2D eigenvalue weighted by Crippen LogP contribution is -2.01. The quantitative estimate of drug-likeness (QED) is 0.809. The third kappa shape index (κ3) is 2.64. The largest absolute Gasteiger partial charge is 0.435 e. The van der Waals surface area contributed by atoms with Crippen LogP contribution in [-0.2, 0) is 9.05 Å². The van der Waals surface area contributed by atoms with E-state index < -0.39 is 20.9 Å². The van der Waals surface area contributed by atoms with Gasteiger partial charge in [0.1, 0.15) is 11.3 Å². The SMILES string of the molecule is O=S(=O)(Cl)c1nc2ccc(OC(F)F)cc2o1. The summed E-state index contributed by atoms with van der Waals surface area (Å²) in [5.74, 6) is -0.165. The van der Waals surface area contributed by atoms with Crippen molar-refractivity contribution in [2.75, 3.05) is 0 Å². The molecular formula is C8H4ClF2NO4S. The van der Waals surface area contributed by atoms with E-state index in [1.807, 2.05) is 0 Å². The molecule has 0 spiro atoms. The Hall–Kier alpha value is -1.41. The zero-order valence-electron chi connectivity index (χ0n) is 7.93. The lowest BCUT2D eigenvalue weighted by molar-refractivity contribution is -0.0497. The zero-order valence-corrected chi connectivity index (χ0v) is 9.50. The molecule has 0 aliphatic carbocycles. The number of halogens is 3.